The van der Waals surface area contributed by atoms with Crippen molar-refractivity contribution in [3.05, 3.63) is 40.1 Å². The third kappa shape index (κ3) is 3.20. The second-order valence-electron chi connectivity index (χ2n) is 8.09. The summed E-state index contributed by atoms with van der Waals surface area (Å²) < 4.78 is 4.09. The Hall–Kier alpha value is -2.02. The molecule has 2 aromatic heterocycles. The Kier molecular flexibility index (Phi) is 4.11. The second kappa shape index (κ2) is 6.61. The number of hydrogen-bond donors (Lipinski definition) is 0. The minimum Gasteiger partial charge on any atom is -0.314 e. The molecule has 5 rings (SSSR count). The Morgan fingerprint density at radius 1 is 1.08 bits per heavy atom. The van der Waals surface area contributed by atoms with Gasteiger partial charge in [0.05, 0.1) is 18.6 Å². The first-order chi connectivity index (χ1) is 12.8. The van der Waals surface area contributed by atoms with Gasteiger partial charge in [0, 0.05) is 31.5 Å². The normalized spacial score (nSPS) is 21.2. The molecule has 2 aliphatic heterocycles. The minimum atomic E-state index is 0.114. The molecule has 1 saturated carbocycles. The molecule has 7 heteroatoms. The van der Waals surface area contributed by atoms with Crippen LogP contribution < -0.4 is 5.56 Å². The van der Waals surface area contributed by atoms with Gasteiger partial charge in [0.2, 0.25) is 0 Å². The molecule has 1 saturated heterocycles. The molecule has 0 radical (unpaired) electrons. The minimum absolute atomic E-state index is 0.114. The van der Waals surface area contributed by atoms with Crippen LogP contribution in [0.25, 0.3) is 0 Å². The first-order valence-electron chi connectivity index (χ1n) is 9.96. The molecule has 2 fully saturated rings. The highest BCUT2D eigenvalue weighted by molar-refractivity contribution is 5.12. The monoisotopic (exact) mass is 354 g/mol. The van der Waals surface area contributed by atoms with E-state index in [0.29, 0.717) is 11.8 Å². The number of piperidine rings is 1. The molecule has 0 amide bonds. The van der Waals surface area contributed by atoms with E-state index in [1.165, 1.54) is 19.3 Å². The lowest BCUT2D eigenvalue weighted by molar-refractivity contribution is 0.161. The third-order valence-electron chi connectivity index (χ3n) is 6.11. The standard InChI is InChI=1S/C19H26N6O/c26-19-10-16(15-3-4-15)20-13-24(19)11-14-5-8-23(9-6-14)12-18-22-21-17-2-1-7-25(17)18/h10,13-15H,1-9,11-12H2. The zero-order valence-corrected chi connectivity index (χ0v) is 15.2. The van der Waals surface area contributed by atoms with E-state index in [2.05, 4.69) is 24.6 Å². The molecule has 1 aliphatic carbocycles. The van der Waals surface area contributed by atoms with Crippen LogP contribution in [0.15, 0.2) is 17.2 Å². The summed E-state index contributed by atoms with van der Waals surface area (Å²) in [4.78, 5) is 19.3. The van der Waals surface area contributed by atoms with Gasteiger partial charge in [0.1, 0.15) is 11.6 Å². The van der Waals surface area contributed by atoms with Gasteiger partial charge >= 0.3 is 0 Å². The van der Waals surface area contributed by atoms with Gasteiger partial charge < -0.3 is 4.57 Å². The summed E-state index contributed by atoms with van der Waals surface area (Å²) in [7, 11) is 0. The number of hydrogen-bond acceptors (Lipinski definition) is 5. The SMILES string of the molecule is O=c1cc(C2CC2)ncn1CC1CCN(Cc2nnc3n2CCC3)CC1. The summed E-state index contributed by atoms with van der Waals surface area (Å²) in [6.45, 7) is 4.90. The zero-order chi connectivity index (χ0) is 17.5. The average molecular weight is 354 g/mol. The van der Waals surface area contributed by atoms with Crippen LogP contribution in [0.2, 0.25) is 0 Å². The van der Waals surface area contributed by atoms with Crippen molar-refractivity contribution in [1.29, 1.82) is 0 Å². The zero-order valence-electron chi connectivity index (χ0n) is 15.2. The summed E-state index contributed by atoms with van der Waals surface area (Å²) in [5.74, 6) is 3.37. The quantitative estimate of drug-likeness (QED) is 0.815. The van der Waals surface area contributed by atoms with E-state index in [1.54, 1.807) is 17.0 Å². The van der Waals surface area contributed by atoms with Crippen LogP contribution in [0.1, 0.15) is 55.4 Å². The van der Waals surface area contributed by atoms with E-state index in [1.807, 2.05) is 0 Å². The topological polar surface area (TPSA) is 68.8 Å². The lowest BCUT2D eigenvalue weighted by atomic mass is 9.96. The maximum absolute atomic E-state index is 12.3. The molecule has 26 heavy (non-hydrogen) atoms. The van der Waals surface area contributed by atoms with Crippen molar-refractivity contribution in [2.75, 3.05) is 13.1 Å². The van der Waals surface area contributed by atoms with Gasteiger partial charge in [-0.1, -0.05) is 0 Å². The Labute approximate surface area is 153 Å². The Morgan fingerprint density at radius 2 is 1.92 bits per heavy atom. The van der Waals surface area contributed by atoms with Crippen LogP contribution in [0.3, 0.4) is 0 Å². The molecule has 4 heterocycles. The molecule has 2 aromatic rings. The lowest BCUT2D eigenvalue weighted by Crippen LogP contribution is -2.36. The van der Waals surface area contributed by atoms with Gasteiger partial charge in [0.25, 0.3) is 5.56 Å². The molecular formula is C19H26N6O. The fraction of sp³-hybridized carbons (Fsp3) is 0.684. The Balaban J connectivity index is 1.16. The number of aryl methyl sites for hydroxylation is 1. The van der Waals surface area contributed by atoms with Crippen LogP contribution in [-0.4, -0.2) is 42.3 Å². The van der Waals surface area contributed by atoms with Crippen LogP contribution in [-0.2, 0) is 26.1 Å². The lowest BCUT2D eigenvalue weighted by Gasteiger charge is -2.31. The Morgan fingerprint density at radius 3 is 2.69 bits per heavy atom. The van der Waals surface area contributed by atoms with Gasteiger partial charge in [0.15, 0.2) is 0 Å². The maximum atomic E-state index is 12.3. The number of fused-ring (bicyclic) bond motifs is 1. The fourth-order valence-electron chi connectivity index (χ4n) is 4.31. The van der Waals surface area contributed by atoms with Crippen molar-refractivity contribution in [2.24, 2.45) is 5.92 Å². The first kappa shape index (κ1) is 16.2. The van der Waals surface area contributed by atoms with Crippen molar-refractivity contribution in [3.63, 3.8) is 0 Å². The average Bonchev–Trinajstić information content (AvgIpc) is 3.28. The second-order valence-corrected chi connectivity index (χ2v) is 8.09. The van der Waals surface area contributed by atoms with Gasteiger partial charge in [-0.3, -0.25) is 14.3 Å². The van der Waals surface area contributed by atoms with Crippen LogP contribution in [0.5, 0.6) is 0 Å². The van der Waals surface area contributed by atoms with E-state index in [9.17, 15) is 4.79 Å². The Bertz CT molecular complexity index is 844. The van der Waals surface area contributed by atoms with E-state index in [4.69, 9.17) is 0 Å². The molecular weight excluding hydrogens is 328 g/mol. The summed E-state index contributed by atoms with van der Waals surface area (Å²) in [5.41, 5.74) is 1.10. The predicted octanol–water partition coefficient (Wildman–Crippen LogP) is 1.57. The van der Waals surface area contributed by atoms with Crippen molar-refractivity contribution in [3.8, 4) is 0 Å². The number of aromatic nitrogens is 5. The van der Waals surface area contributed by atoms with Crippen molar-refractivity contribution in [1.82, 2.24) is 29.2 Å². The van der Waals surface area contributed by atoms with Gasteiger partial charge in [-0.2, -0.15) is 0 Å². The van der Waals surface area contributed by atoms with E-state index in [-0.39, 0.29) is 5.56 Å². The van der Waals surface area contributed by atoms with E-state index >= 15 is 0 Å². The first-order valence-corrected chi connectivity index (χ1v) is 9.96. The van der Waals surface area contributed by atoms with Crippen molar-refractivity contribution < 1.29 is 0 Å². The largest absolute Gasteiger partial charge is 0.314 e. The highest BCUT2D eigenvalue weighted by Gasteiger charge is 2.26. The maximum Gasteiger partial charge on any atom is 0.253 e. The molecule has 0 spiro atoms. The van der Waals surface area contributed by atoms with Crippen LogP contribution >= 0.6 is 0 Å². The highest BCUT2D eigenvalue weighted by atomic mass is 16.1. The van der Waals surface area contributed by atoms with Crippen molar-refractivity contribution in [2.45, 2.75) is 64.1 Å². The van der Waals surface area contributed by atoms with Crippen molar-refractivity contribution >= 4 is 0 Å². The number of rotatable bonds is 5. The molecule has 0 N–H and O–H groups in total. The number of likely N-dealkylation sites (tertiary alicyclic amines) is 1. The van der Waals surface area contributed by atoms with E-state index in [0.717, 1.165) is 69.3 Å². The van der Waals surface area contributed by atoms with Gasteiger partial charge in [-0.05, 0) is 51.1 Å². The summed E-state index contributed by atoms with van der Waals surface area (Å²) in [6, 6.07) is 1.75. The molecule has 3 aliphatic rings. The molecule has 7 nitrogen and oxygen atoms in total. The molecule has 0 unspecified atom stereocenters. The summed E-state index contributed by atoms with van der Waals surface area (Å²) in [5, 5.41) is 8.68. The fourth-order valence-corrected chi connectivity index (χ4v) is 4.31. The summed E-state index contributed by atoms with van der Waals surface area (Å²) >= 11 is 0. The number of nitrogens with zero attached hydrogens (tertiary/aromatic N) is 6. The summed E-state index contributed by atoms with van der Waals surface area (Å²) in [6.07, 6.45) is 8.64. The van der Waals surface area contributed by atoms with Gasteiger partial charge in [-0.25, -0.2) is 4.98 Å². The molecule has 0 aromatic carbocycles. The smallest absolute Gasteiger partial charge is 0.253 e. The van der Waals surface area contributed by atoms with Crippen LogP contribution in [0, 0.1) is 5.92 Å². The van der Waals surface area contributed by atoms with E-state index < -0.39 is 0 Å². The molecule has 0 bridgehead atoms. The molecule has 138 valence electrons. The third-order valence-corrected chi connectivity index (χ3v) is 6.11. The van der Waals surface area contributed by atoms with Crippen LogP contribution in [0.4, 0.5) is 0 Å². The molecule has 0 atom stereocenters. The van der Waals surface area contributed by atoms with Gasteiger partial charge in [-0.15, -0.1) is 10.2 Å². The highest BCUT2D eigenvalue weighted by Crippen LogP contribution is 2.38. The predicted molar refractivity (Wildman–Crippen MR) is 96.8 cm³/mol.